The molecule has 0 radical (unpaired) electrons. The van der Waals surface area contributed by atoms with E-state index in [0.29, 0.717) is 11.6 Å². The minimum absolute atomic E-state index is 0.0357. The van der Waals surface area contributed by atoms with Crippen LogP contribution in [-0.4, -0.2) is 55.4 Å². The molecule has 2 aliphatic rings. The highest BCUT2D eigenvalue weighted by Gasteiger charge is 2.50. The van der Waals surface area contributed by atoms with Gasteiger partial charge in [0.2, 0.25) is 0 Å². The van der Waals surface area contributed by atoms with E-state index in [1.165, 1.54) is 11.9 Å². The number of amides is 1. The van der Waals surface area contributed by atoms with Crippen molar-refractivity contribution in [3.63, 3.8) is 0 Å². The van der Waals surface area contributed by atoms with Gasteiger partial charge in [-0.15, -0.1) is 11.8 Å². The van der Waals surface area contributed by atoms with E-state index in [4.69, 9.17) is 0 Å². The van der Waals surface area contributed by atoms with E-state index in [-0.39, 0.29) is 10.7 Å². The summed E-state index contributed by atoms with van der Waals surface area (Å²) in [7, 11) is 0. The molecule has 2 saturated heterocycles. The third-order valence-electron chi connectivity index (χ3n) is 4.58. The fourth-order valence-corrected chi connectivity index (χ4v) is 4.95. The maximum Gasteiger partial charge on any atom is 0.257 e. The SMILES string of the molecule is O=C(c1cncnc1)N1CC2(CC(NCc3cccnc3)CS2)C1. The third kappa shape index (κ3) is 3.14. The van der Waals surface area contributed by atoms with Crippen molar-refractivity contribution in [2.75, 3.05) is 18.8 Å². The van der Waals surface area contributed by atoms with Crippen LogP contribution in [0.4, 0.5) is 0 Å². The maximum atomic E-state index is 12.4. The Labute approximate surface area is 145 Å². The van der Waals surface area contributed by atoms with Crippen molar-refractivity contribution in [1.82, 2.24) is 25.2 Å². The van der Waals surface area contributed by atoms with Gasteiger partial charge in [-0.3, -0.25) is 9.78 Å². The zero-order valence-corrected chi connectivity index (χ0v) is 14.1. The molecule has 2 fully saturated rings. The van der Waals surface area contributed by atoms with Crippen LogP contribution in [0.15, 0.2) is 43.2 Å². The van der Waals surface area contributed by atoms with Crippen LogP contribution in [0.5, 0.6) is 0 Å². The number of nitrogens with one attached hydrogen (secondary N) is 1. The van der Waals surface area contributed by atoms with Crippen LogP contribution in [0, 0.1) is 0 Å². The first-order valence-corrected chi connectivity index (χ1v) is 9.03. The van der Waals surface area contributed by atoms with Gasteiger partial charge < -0.3 is 10.2 Å². The van der Waals surface area contributed by atoms with Crippen molar-refractivity contribution in [2.24, 2.45) is 0 Å². The molecule has 1 unspecified atom stereocenters. The normalized spacial score (nSPS) is 21.7. The van der Waals surface area contributed by atoms with Crippen molar-refractivity contribution in [2.45, 2.75) is 23.8 Å². The molecule has 24 heavy (non-hydrogen) atoms. The Kier molecular flexibility index (Phi) is 4.20. The summed E-state index contributed by atoms with van der Waals surface area (Å²) in [5.74, 6) is 1.13. The Bertz CT molecular complexity index is 705. The summed E-state index contributed by atoms with van der Waals surface area (Å²) in [5.41, 5.74) is 1.78. The number of rotatable bonds is 4. The number of nitrogens with zero attached hydrogens (tertiary/aromatic N) is 4. The highest BCUT2D eigenvalue weighted by Crippen LogP contribution is 2.45. The van der Waals surface area contributed by atoms with Crippen LogP contribution < -0.4 is 5.32 Å². The number of carbonyl (C=O) groups is 1. The van der Waals surface area contributed by atoms with Crippen molar-refractivity contribution in [1.29, 1.82) is 0 Å². The molecule has 2 aromatic rings. The first-order valence-electron chi connectivity index (χ1n) is 8.05. The molecule has 7 heteroatoms. The molecule has 4 rings (SSSR count). The molecule has 1 spiro atoms. The molecule has 4 heterocycles. The summed E-state index contributed by atoms with van der Waals surface area (Å²) in [4.78, 5) is 26.3. The number of likely N-dealkylation sites (tertiary alicyclic amines) is 1. The molecule has 2 aliphatic heterocycles. The standard InChI is InChI=1S/C17H19N5OS/c23-16(14-7-19-12-20-8-14)22-10-17(11-22)4-15(9-24-17)21-6-13-2-1-3-18-5-13/h1-3,5,7-8,12,15,21H,4,6,9-11H2. The number of carbonyl (C=O) groups excluding carboxylic acids is 1. The van der Waals surface area contributed by atoms with Gasteiger partial charge in [-0.2, -0.15) is 0 Å². The van der Waals surface area contributed by atoms with Crippen molar-refractivity contribution >= 4 is 17.7 Å². The van der Waals surface area contributed by atoms with Crippen LogP contribution >= 0.6 is 11.8 Å². The minimum Gasteiger partial charge on any atom is -0.336 e. The monoisotopic (exact) mass is 341 g/mol. The molecule has 1 N–H and O–H groups in total. The molecular formula is C17H19N5OS. The average molecular weight is 341 g/mol. The van der Waals surface area contributed by atoms with Gasteiger partial charge in [0.25, 0.3) is 5.91 Å². The van der Waals surface area contributed by atoms with Crippen molar-refractivity contribution in [3.8, 4) is 0 Å². The van der Waals surface area contributed by atoms with Gasteiger partial charge in [0, 0.05) is 56.2 Å². The van der Waals surface area contributed by atoms with Crippen LogP contribution in [0.1, 0.15) is 22.3 Å². The lowest BCUT2D eigenvalue weighted by Crippen LogP contribution is -2.61. The van der Waals surface area contributed by atoms with Crippen molar-refractivity contribution < 1.29 is 4.79 Å². The molecule has 0 aromatic carbocycles. The quantitative estimate of drug-likeness (QED) is 0.905. The number of thioether (sulfide) groups is 1. The van der Waals surface area contributed by atoms with Gasteiger partial charge in [0.15, 0.2) is 0 Å². The Balaban J connectivity index is 1.28. The average Bonchev–Trinajstić information content (AvgIpc) is 3.04. The summed E-state index contributed by atoms with van der Waals surface area (Å²) in [6.07, 6.45) is 9.41. The van der Waals surface area contributed by atoms with E-state index < -0.39 is 0 Å². The first kappa shape index (κ1) is 15.5. The lowest BCUT2D eigenvalue weighted by Gasteiger charge is -2.47. The van der Waals surface area contributed by atoms with Gasteiger partial charge in [-0.05, 0) is 18.1 Å². The van der Waals surface area contributed by atoms with Crippen LogP contribution in [0.3, 0.4) is 0 Å². The molecule has 2 aromatic heterocycles. The lowest BCUT2D eigenvalue weighted by molar-refractivity contribution is 0.0551. The summed E-state index contributed by atoms with van der Waals surface area (Å²) in [6, 6.07) is 4.54. The molecule has 6 nitrogen and oxygen atoms in total. The Morgan fingerprint density at radius 2 is 2.12 bits per heavy atom. The Morgan fingerprint density at radius 3 is 2.88 bits per heavy atom. The van der Waals surface area contributed by atoms with Crippen LogP contribution in [0.2, 0.25) is 0 Å². The minimum atomic E-state index is 0.0357. The molecule has 0 aliphatic carbocycles. The largest absolute Gasteiger partial charge is 0.336 e. The zero-order chi connectivity index (χ0) is 16.4. The van der Waals surface area contributed by atoms with Gasteiger partial charge in [-0.25, -0.2) is 9.97 Å². The zero-order valence-electron chi connectivity index (χ0n) is 13.3. The fraction of sp³-hybridized carbons (Fsp3) is 0.412. The van der Waals surface area contributed by atoms with Crippen LogP contribution in [-0.2, 0) is 6.54 Å². The van der Waals surface area contributed by atoms with E-state index in [1.807, 2.05) is 28.9 Å². The maximum absolute atomic E-state index is 12.4. The van der Waals surface area contributed by atoms with Gasteiger partial charge in [0.05, 0.1) is 10.3 Å². The summed E-state index contributed by atoms with van der Waals surface area (Å²) in [6.45, 7) is 2.48. The van der Waals surface area contributed by atoms with E-state index in [1.54, 1.807) is 18.6 Å². The lowest BCUT2D eigenvalue weighted by atomic mass is 9.91. The van der Waals surface area contributed by atoms with Gasteiger partial charge in [-0.1, -0.05) is 6.07 Å². The van der Waals surface area contributed by atoms with E-state index >= 15 is 0 Å². The summed E-state index contributed by atoms with van der Waals surface area (Å²) < 4.78 is 0.220. The first-order chi connectivity index (χ1) is 11.7. The van der Waals surface area contributed by atoms with E-state index in [0.717, 1.165) is 31.8 Å². The van der Waals surface area contributed by atoms with Gasteiger partial charge in [0.1, 0.15) is 6.33 Å². The highest BCUT2D eigenvalue weighted by atomic mass is 32.2. The Hall–Kier alpha value is -1.99. The summed E-state index contributed by atoms with van der Waals surface area (Å²) >= 11 is 1.99. The van der Waals surface area contributed by atoms with E-state index in [9.17, 15) is 4.79 Å². The second-order valence-corrected chi connectivity index (χ2v) is 7.91. The smallest absolute Gasteiger partial charge is 0.257 e. The predicted molar refractivity (Wildman–Crippen MR) is 92.6 cm³/mol. The molecule has 1 amide bonds. The third-order valence-corrected chi connectivity index (χ3v) is 6.19. The highest BCUT2D eigenvalue weighted by molar-refractivity contribution is 8.01. The molecule has 1 atom stereocenters. The Morgan fingerprint density at radius 1 is 1.29 bits per heavy atom. The second kappa shape index (κ2) is 6.49. The topological polar surface area (TPSA) is 71.0 Å². The fourth-order valence-electron chi connectivity index (χ4n) is 3.35. The molecule has 0 saturated carbocycles. The predicted octanol–water partition coefficient (Wildman–Crippen LogP) is 1.36. The molecule has 124 valence electrons. The van der Waals surface area contributed by atoms with Gasteiger partial charge >= 0.3 is 0 Å². The number of aromatic nitrogens is 3. The van der Waals surface area contributed by atoms with Crippen molar-refractivity contribution in [3.05, 3.63) is 54.4 Å². The number of pyridine rings is 1. The summed E-state index contributed by atoms with van der Waals surface area (Å²) in [5, 5.41) is 3.61. The molecular weight excluding hydrogens is 322 g/mol. The number of hydrogen-bond acceptors (Lipinski definition) is 6. The van der Waals surface area contributed by atoms with Crippen LogP contribution in [0.25, 0.3) is 0 Å². The number of hydrogen-bond donors (Lipinski definition) is 1. The van der Waals surface area contributed by atoms with E-state index in [2.05, 4.69) is 26.3 Å². The second-order valence-electron chi connectivity index (χ2n) is 6.43. The molecule has 0 bridgehead atoms.